The summed E-state index contributed by atoms with van der Waals surface area (Å²) in [6.07, 6.45) is 1.81. The van der Waals surface area contributed by atoms with E-state index in [9.17, 15) is 14.7 Å². The molecular formula is C28H24BrIN2O5S. The zero-order valence-corrected chi connectivity index (χ0v) is 25.2. The number of rotatable bonds is 9. The molecule has 1 amide bonds. The van der Waals surface area contributed by atoms with Crippen molar-refractivity contribution in [2.45, 2.75) is 20.5 Å². The minimum Gasteiger partial charge on any atom is -0.490 e. The average Bonchev–Trinajstić information content (AvgIpc) is 3.18. The van der Waals surface area contributed by atoms with Gasteiger partial charge in [0, 0.05) is 11.0 Å². The van der Waals surface area contributed by atoms with Crippen LogP contribution in [0.25, 0.3) is 6.08 Å². The molecular weight excluding hydrogens is 683 g/mol. The van der Waals surface area contributed by atoms with Crippen LogP contribution in [0.4, 0.5) is 5.69 Å². The Morgan fingerprint density at radius 3 is 2.58 bits per heavy atom. The van der Waals surface area contributed by atoms with Gasteiger partial charge in [0.05, 0.1) is 26.3 Å². The van der Waals surface area contributed by atoms with Gasteiger partial charge in [0.1, 0.15) is 6.61 Å². The van der Waals surface area contributed by atoms with E-state index in [2.05, 4.69) is 43.5 Å². The third-order valence-corrected chi connectivity index (χ3v) is 7.78. The summed E-state index contributed by atoms with van der Waals surface area (Å²) in [6, 6.07) is 18.1. The summed E-state index contributed by atoms with van der Waals surface area (Å²) in [5.41, 5.74) is 2.45. The van der Waals surface area contributed by atoms with Crippen LogP contribution in [-0.4, -0.2) is 40.2 Å². The number of carbonyl (C=O) groups excluding carboxylic acids is 1. The van der Waals surface area contributed by atoms with Gasteiger partial charge >= 0.3 is 5.97 Å². The smallest absolute Gasteiger partial charge is 0.335 e. The number of aliphatic imine (C=N–C) groups is 1. The number of carbonyl (C=O) groups is 2. The van der Waals surface area contributed by atoms with E-state index in [0.717, 1.165) is 19.2 Å². The van der Waals surface area contributed by atoms with Gasteiger partial charge in [-0.3, -0.25) is 9.69 Å². The number of amides is 1. The molecule has 3 aromatic rings. The first-order valence-corrected chi connectivity index (χ1v) is 14.4. The van der Waals surface area contributed by atoms with Crippen LogP contribution in [0.15, 0.2) is 75.0 Å². The zero-order chi connectivity index (χ0) is 27.2. The molecule has 0 bridgehead atoms. The summed E-state index contributed by atoms with van der Waals surface area (Å²) in [4.78, 5) is 31.1. The van der Waals surface area contributed by atoms with Crippen molar-refractivity contribution in [2.75, 3.05) is 13.2 Å². The number of likely N-dealkylation sites (N-methyl/N-ethyl adjacent to an activating group) is 1. The number of halogens is 2. The van der Waals surface area contributed by atoms with Crippen LogP contribution < -0.4 is 9.47 Å². The van der Waals surface area contributed by atoms with Crippen molar-refractivity contribution >= 4 is 79.1 Å². The number of ether oxygens (including phenoxy) is 2. The number of amidine groups is 1. The third kappa shape index (κ3) is 6.78. The summed E-state index contributed by atoms with van der Waals surface area (Å²) >= 11 is 6.91. The molecule has 0 atom stereocenters. The first kappa shape index (κ1) is 28.2. The quantitative estimate of drug-likeness (QED) is 0.185. The van der Waals surface area contributed by atoms with Crippen LogP contribution in [0.5, 0.6) is 11.5 Å². The monoisotopic (exact) mass is 706 g/mol. The van der Waals surface area contributed by atoms with E-state index in [0.29, 0.717) is 47.0 Å². The Hall–Kier alpha value is -2.83. The number of aromatic carboxylic acids is 1. The highest BCUT2D eigenvalue weighted by Crippen LogP contribution is 2.38. The molecule has 1 N–H and O–H groups in total. The summed E-state index contributed by atoms with van der Waals surface area (Å²) in [7, 11) is 0. The van der Waals surface area contributed by atoms with Gasteiger partial charge in [-0.2, -0.15) is 0 Å². The molecule has 0 aliphatic carbocycles. The fourth-order valence-electron chi connectivity index (χ4n) is 3.65. The number of nitrogens with zero attached hydrogens (tertiary/aromatic N) is 2. The number of carboxylic acid groups (broad SMARTS) is 1. The lowest BCUT2D eigenvalue weighted by molar-refractivity contribution is -0.122. The largest absolute Gasteiger partial charge is 0.490 e. The molecule has 1 saturated heterocycles. The molecule has 4 rings (SSSR count). The Bertz CT molecular complexity index is 1430. The third-order valence-electron chi connectivity index (χ3n) is 5.45. The first-order valence-electron chi connectivity index (χ1n) is 11.8. The van der Waals surface area contributed by atoms with E-state index in [1.54, 1.807) is 17.0 Å². The summed E-state index contributed by atoms with van der Waals surface area (Å²) in [5.74, 6) is 0.0671. The van der Waals surface area contributed by atoms with E-state index in [4.69, 9.17) is 9.47 Å². The number of hydrogen-bond acceptors (Lipinski definition) is 6. The van der Waals surface area contributed by atoms with Gasteiger partial charge in [-0.1, -0.05) is 34.1 Å². The first-order chi connectivity index (χ1) is 18.3. The van der Waals surface area contributed by atoms with Crippen LogP contribution in [-0.2, 0) is 11.4 Å². The minimum atomic E-state index is -1.03. The van der Waals surface area contributed by atoms with Gasteiger partial charge in [-0.05, 0) is 108 Å². The zero-order valence-electron chi connectivity index (χ0n) is 20.6. The molecule has 0 saturated carbocycles. The van der Waals surface area contributed by atoms with E-state index in [-0.39, 0.29) is 11.5 Å². The van der Waals surface area contributed by atoms with Crippen molar-refractivity contribution in [1.29, 1.82) is 0 Å². The Morgan fingerprint density at radius 1 is 1.13 bits per heavy atom. The van der Waals surface area contributed by atoms with Crippen LogP contribution in [0, 0.1) is 3.57 Å². The van der Waals surface area contributed by atoms with Crippen molar-refractivity contribution in [3.05, 3.63) is 90.3 Å². The Labute approximate surface area is 247 Å². The number of hydrogen-bond donors (Lipinski definition) is 1. The highest BCUT2D eigenvalue weighted by atomic mass is 127. The number of carboxylic acids is 1. The summed E-state index contributed by atoms with van der Waals surface area (Å²) in [5, 5.41) is 9.77. The molecule has 38 heavy (non-hydrogen) atoms. The molecule has 1 aliphatic heterocycles. The molecule has 1 fully saturated rings. The highest BCUT2D eigenvalue weighted by molar-refractivity contribution is 14.1. The normalized spacial score (nSPS) is 15.4. The summed E-state index contributed by atoms with van der Waals surface area (Å²) in [6.45, 7) is 5.08. The van der Waals surface area contributed by atoms with E-state index in [1.807, 2.05) is 56.3 Å². The van der Waals surface area contributed by atoms with Crippen LogP contribution in [0.3, 0.4) is 0 Å². The van der Waals surface area contributed by atoms with E-state index in [1.165, 1.54) is 23.9 Å². The second-order valence-corrected chi connectivity index (χ2v) is 11.2. The maximum atomic E-state index is 13.2. The molecule has 0 radical (unpaired) electrons. The van der Waals surface area contributed by atoms with Crippen molar-refractivity contribution < 1.29 is 24.2 Å². The highest BCUT2D eigenvalue weighted by Gasteiger charge is 2.32. The molecule has 3 aromatic carbocycles. The number of thioether (sulfide) groups is 1. The lowest BCUT2D eigenvalue weighted by atomic mass is 10.1. The maximum absolute atomic E-state index is 13.2. The van der Waals surface area contributed by atoms with Gasteiger partial charge in [0.2, 0.25) is 0 Å². The van der Waals surface area contributed by atoms with Crippen molar-refractivity contribution in [3.8, 4) is 11.5 Å². The molecule has 0 unspecified atom stereocenters. The molecule has 1 aliphatic rings. The second kappa shape index (κ2) is 12.8. The molecule has 196 valence electrons. The van der Waals surface area contributed by atoms with Crippen molar-refractivity contribution in [2.24, 2.45) is 4.99 Å². The molecule has 10 heteroatoms. The predicted molar refractivity (Wildman–Crippen MR) is 162 cm³/mol. The lowest BCUT2D eigenvalue weighted by Gasteiger charge is -2.15. The van der Waals surface area contributed by atoms with Gasteiger partial charge < -0.3 is 14.6 Å². The molecule has 0 aromatic heterocycles. The van der Waals surface area contributed by atoms with Crippen LogP contribution in [0.1, 0.15) is 35.3 Å². The average molecular weight is 707 g/mol. The predicted octanol–water partition coefficient (Wildman–Crippen LogP) is 7.35. The Balaban J connectivity index is 1.61. The Kier molecular flexibility index (Phi) is 9.50. The van der Waals surface area contributed by atoms with Gasteiger partial charge in [-0.15, -0.1) is 0 Å². The SMILES string of the molecule is CCOc1cc(C=C2SC(=Nc3cccc(C(=O)O)c3)N(CC)C2=O)cc(I)c1OCc1ccc(Br)cc1. The standard InChI is InChI=1S/C28H24BrIN2O5S/c1-3-32-26(33)24(38-28(32)31-21-7-5-6-19(15-21)27(34)35)14-18-12-22(30)25(23(13-18)36-4-2)37-16-17-8-10-20(29)11-9-17/h5-15H,3-4,16H2,1-2H3,(H,34,35). The Morgan fingerprint density at radius 2 is 1.89 bits per heavy atom. The second-order valence-electron chi connectivity index (χ2n) is 8.09. The lowest BCUT2D eigenvalue weighted by Crippen LogP contribution is -2.28. The van der Waals surface area contributed by atoms with E-state index < -0.39 is 5.97 Å². The maximum Gasteiger partial charge on any atom is 0.335 e. The fraction of sp³-hybridized carbons (Fsp3) is 0.179. The summed E-state index contributed by atoms with van der Waals surface area (Å²) < 4.78 is 13.9. The number of benzene rings is 3. The molecule has 1 heterocycles. The van der Waals surface area contributed by atoms with Crippen LogP contribution >= 0.6 is 50.3 Å². The van der Waals surface area contributed by atoms with Gasteiger partial charge in [-0.25, -0.2) is 9.79 Å². The van der Waals surface area contributed by atoms with Crippen molar-refractivity contribution in [1.82, 2.24) is 4.90 Å². The van der Waals surface area contributed by atoms with Gasteiger partial charge in [0.15, 0.2) is 16.7 Å². The molecule has 0 spiro atoms. The van der Waals surface area contributed by atoms with Gasteiger partial charge in [0.25, 0.3) is 5.91 Å². The van der Waals surface area contributed by atoms with Crippen molar-refractivity contribution in [3.63, 3.8) is 0 Å². The van der Waals surface area contributed by atoms with Crippen LogP contribution in [0.2, 0.25) is 0 Å². The van der Waals surface area contributed by atoms with E-state index >= 15 is 0 Å². The minimum absolute atomic E-state index is 0.139. The fourth-order valence-corrected chi connectivity index (χ4v) is 5.76. The topological polar surface area (TPSA) is 88.4 Å². The molecule has 7 nitrogen and oxygen atoms in total.